The van der Waals surface area contributed by atoms with Crippen molar-refractivity contribution in [2.24, 2.45) is 5.92 Å². The van der Waals surface area contributed by atoms with E-state index < -0.39 is 11.9 Å². The lowest BCUT2D eigenvalue weighted by Crippen LogP contribution is -2.44. The van der Waals surface area contributed by atoms with Crippen LogP contribution in [-0.4, -0.2) is 69.1 Å². The normalized spacial score (nSPS) is 11.9. The molecule has 0 aliphatic carbocycles. The maximum atomic E-state index is 11.9. The lowest BCUT2D eigenvalue weighted by molar-refractivity contribution is -0.140. The predicted octanol–water partition coefficient (Wildman–Crippen LogP) is 0.402. The molecule has 7 heteroatoms. The molecule has 1 unspecified atom stereocenters. The van der Waals surface area contributed by atoms with Crippen LogP contribution in [0.4, 0.5) is 4.79 Å². The molecular weight excluding hydrogens is 252 g/mol. The van der Waals surface area contributed by atoms with E-state index in [9.17, 15) is 9.59 Å². The molecule has 0 saturated heterocycles. The standard InChI is InChI=1S/C12H24N2O5/c1-10(11(15)16)9-13-12(17)14(6-8-19-3)5-4-7-18-2/h10H,4-9H2,1-3H3,(H,13,17)(H,15,16). The van der Waals surface area contributed by atoms with Gasteiger partial charge in [0.25, 0.3) is 0 Å². The van der Waals surface area contributed by atoms with Crippen LogP contribution in [0.5, 0.6) is 0 Å². The SMILES string of the molecule is COCCCN(CCOC)C(=O)NCC(C)C(=O)O. The van der Waals surface area contributed by atoms with Crippen LogP contribution in [0.1, 0.15) is 13.3 Å². The van der Waals surface area contributed by atoms with Gasteiger partial charge in [-0.2, -0.15) is 0 Å². The van der Waals surface area contributed by atoms with E-state index in [-0.39, 0.29) is 12.6 Å². The van der Waals surface area contributed by atoms with E-state index in [0.29, 0.717) is 26.3 Å². The van der Waals surface area contributed by atoms with Crippen molar-refractivity contribution in [2.75, 3.05) is 47.1 Å². The van der Waals surface area contributed by atoms with Crippen molar-refractivity contribution in [3.63, 3.8) is 0 Å². The van der Waals surface area contributed by atoms with Crippen LogP contribution in [0.2, 0.25) is 0 Å². The lowest BCUT2D eigenvalue weighted by Gasteiger charge is -2.23. The van der Waals surface area contributed by atoms with Crippen molar-refractivity contribution < 1.29 is 24.2 Å². The predicted molar refractivity (Wildman–Crippen MR) is 70.1 cm³/mol. The number of carboxylic acid groups (broad SMARTS) is 1. The van der Waals surface area contributed by atoms with E-state index in [1.54, 1.807) is 26.0 Å². The van der Waals surface area contributed by atoms with Gasteiger partial charge in [-0.15, -0.1) is 0 Å². The number of methoxy groups -OCH3 is 2. The molecule has 0 aromatic rings. The number of carbonyl (C=O) groups excluding carboxylic acids is 1. The third kappa shape index (κ3) is 8.39. The van der Waals surface area contributed by atoms with Gasteiger partial charge in [-0.1, -0.05) is 6.92 Å². The maximum absolute atomic E-state index is 11.9. The van der Waals surface area contributed by atoms with Crippen LogP contribution in [0.3, 0.4) is 0 Å². The molecule has 1 atom stereocenters. The number of rotatable bonds is 10. The average molecular weight is 276 g/mol. The van der Waals surface area contributed by atoms with Gasteiger partial charge in [0.05, 0.1) is 12.5 Å². The Kier molecular flexibility index (Phi) is 9.82. The Morgan fingerprint density at radius 3 is 2.37 bits per heavy atom. The molecule has 0 spiro atoms. The number of ether oxygens (including phenoxy) is 2. The smallest absolute Gasteiger partial charge is 0.317 e. The summed E-state index contributed by atoms with van der Waals surface area (Å²) in [6.07, 6.45) is 0.724. The highest BCUT2D eigenvalue weighted by atomic mass is 16.5. The fourth-order valence-corrected chi connectivity index (χ4v) is 1.36. The molecule has 112 valence electrons. The third-order valence-electron chi connectivity index (χ3n) is 2.61. The Bertz CT molecular complexity index is 273. The fourth-order valence-electron chi connectivity index (χ4n) is 1.36. The number of nitrogens with one attached hydrogen (secondary N) is 1. The first-order chi connectivity index (χ1) is 9.02. The van der Waals surface area contributed by atoms with Crippen molar-refractivity contribution in [3.8, 4) is 0 Å². The number of nitrogens with zero attached hydrogens (tertiary/aromatic N) is 1. The minimum absolute atomic E-state index is 0.113. The average Bonchev–Trinajstić information content (AvgIpc) is 2.39. The number of aliphatic carboxylic acids is 1. The van der Waals surface area contributed by atoms with Gasteiger partial charge in [0.2, 0.25) is 0 Å². The van der Waals surface area contributed by atoms with Crippen molar-refractivity contribution in [1.29, 1.82) is 0 Å². The number of hydrogen-bond donors (Lipinski definition) is 2. The number of urea groups is 1. The van der Waals surface area contributed by atoms with E-state index in [4.69, 9.17) is 14.6 Å². The topological polar surface area (TPSA) is 88.1 Å². The molecule has 0 aliphatic heterocycles. The van der Waals surface area contributed by atoms with Crippen LogP contribution >= 0.6 is 0 Å². The molecule has 0 rings (SSSR count). The van der Waals surface area contributed by atoms with Crippen LogP contribution in [-0.2, 0) is 14.3 Å². The largest absolute Gasteiger partial charge is 0.481 e. The van der Waals surface area contributed by atoms with Gasteiger partial charge in [0.1, 0.15) is 0 Å². The fraction of sp³-hybridized carbons (Fsp3) is 0.833. The molecule has 0 fully saturated rings. The summed E-state index contributed by atoms with van der Waals surface area (Å²) in [5, 5.41) is 11.4. The van der Waals surface area contributed by atoms with Gasteiger partial charge in [0.15, 0.2) is 0 Å². The second kappa shape index (κ2) is 10.6. The van der Waals surface area contributed by atoms with Crippen molar-refractivity contribution in [1.82, 2.24) is 10.2 Å². The summed E-state index contributed by atoms with van der Waals surface area (Å²) in [6.45, 7) is 3.68. The molecule has 0 heterocycles. The highest BCUT2D eigenvalue weighted by Gasteiger charge is 2.16. The molecule has 0 bridgehead atoms. The first-order valence-electron chi connectivity index (χ1n) is 6.26. The summed E-state index contributed by atoms with van der Waals surface area (Å²) in [7, 11) is 3.17. The Labute approximate surface area is 113 Å². The molecule has 0 saturated carbocycles. The number of carbonyl (C=O) groups is 2. The van der Waals surface area contributed by atoms with E-state index in [1.165, 1.54) is 0 Å². The second-order valence-corrected chi connectivity index (χ2v) is 4.25. The van der Waals surface area contributed by atoms with Crippen LogP contribution in [0.25, 0.3) is 0 Å². The molecule has 7 nitrogen and oxygen atoms in total. The van der Waals surface area contributed by atoms with Crippen LogP contribution in [0, 0.1) is 5.92 Å². The summed E-state index contributed by atoms with van der Waals surface area (Å²) >= 11 is 0. The molecule has 0 aromatic heterocycles. The minimum Gasteiger partial charge on any atom is -0.481 e. The monoisotopic (exact) mass is 276 g/mol. The third-order valence-corrected chi connectivity index (χ3v) is 2.61. The van der Waals surface area contributed by atoms with E-state index in [2.05, 4.69) is 5.32 Å². The zero-order valence-electron chi connectivity index (χ0n) is 11.8. The number of hydrogen-bond acceptors (Lipinski definition) is 4. The molecule has 0 aliphatic rings. The molecule has 2 N–H and O–H groups in total. The van der Waals surface area contributed by atoms with Crippen molar-refractivity contribution >= 4 is 12.0 Å². The van der Waals surface area contributed by atoms with Gasteiger partial charge in [-0.25, -0.2) is 4.79 Å². The van der Waals surface area contributed by atoms with Crippen LogP contribution < -0.4 is 5.32 Å². The highest BCUT2D eigenvalue weighted by Crippen LogP contribution is 1.97. The molecule has 19 heavy (non-hydrogen) atoms. The summed E-state index contributed by atoms with van der Waals surface area (Å²) in [6, 6.07) is -0.277. The Morgan fingerprint density at radius 1 is 1.21 bits per heavy atom. The first-order valence-corrected chi connectivity index (χ1v) is 6.26. The summed E-state index contributed by atoms with van der Waals surface area (Å²) < 4.78 is 9.88. The number of carboxylic acids is 1. The van der Waals surface area contributed by atoms with Gasteiger partial charge >= 0.3 is 12.0 Å². The molecule has 0 aromatic carbocycles. The zero-order chi connectivity index (χ0) is 14.7. The second-order valence-electron chi connectivity index (χ2n) is 4.25. The van der Waals surface area contributed by atoms with Crippen molar-refractivity contribution in [3.05, 3.63) is 0 Å². The summed E-state index contributed by atoms with van der Waals surface area (Å²) in [5.41, 5.74) is 0. The highest BCUT2D eigenvalue weighted by molar-refractivity contribution is 5.75. The van der Waals surface area contributed by atoms with Gasteiger partial charge in [-0.3, -0.25) is 4.79 Å². The van der Waals surface area contributed by atoms with Gasteiger partial charge in [-0.05, 0) is 6.42 Å². The Balaban J connectivity index is 4.16. The minimum atomic E-state index is -0.928. The summed E-state index contributed by atoms with van der Waals surface area (Å²) in [5.74, 6) is -1.53. The molecule has 2 amide bonds. The lowest BCUT2D eigenvalue weighted by atomic mass is 10.2. The van der Waals surface area contributed by atoms with Gasteiger partial charge in [0, 0.05) is 40.5 Å². The zero-order valence-corrected chi connectivity index (χ0v) is 11.8. The molecule has 0 radical (unpaired) electrons. The Hall–Kier alpha value is -1.34. The summed E-state index contributed by atoms with van der Waals surface area (Å²) in [4.78, 5) is 24.2. The first kappa shape index (κ1) is 17.7. The van der Waals surface area contributed by atoms with Crippen molar-refractivity contribution in [2.45, 2.75) is 13.3 Å². The van der Waals surface area contributed by atoms with E-state index in [0.717, 1.165) is 6.42 Å². The van der Waals surface area contributed by atoms with E-state index in [1.807, 2.05) is 0 Å². The quantitative estimate of drug-likeness (QED) is 0.564. The van der Waals surface area contributed by atoms with Gasteiger partial charge < -0.3 is 24.8 Å². The van der Waals surface area contributed by atoms with Crippen LogP contribution in [0.15, 0.2) is 0 Å². The number of amides is 2. The van der Waals surface area contributed by atoms with E-state index >= 15 is 0 Å². The maximum Gasteiger partial charge on any atom is 0.317 e. The molecular formula is C12H24N2O5. The Morgan fingerprint density at radius 2 is 1.84 bits per heavy atom.